The molecule has 3 amide bonds. The Hall–Kier alpha value is -5.62. The minimum atomic E-state index is -0.991. The fourth-order valence-electron chi connectivity index (χ4n) is 6.86. The summed E-state index contributed by atoms with van der Waals surface area (Å²) in [4.78, 5) is 41.1. The Kier molecular flexibility index (Phi) is 16.5. The van der Waals surface area contributed by atoms with Gasteiger partial charge in [0.25, 0.3) is 0 Å². The van der Waals surface area contributed by atoms with Crippen molar-refractivity contribution >= 4 is 33.6 Å². The Labute approximate surface area is 350 Å². The van der Waals surface area contributed by atoms with Crippen LogP contribution in [0, 0.1) is 0 Å². The molecule has 0 saturated heterocycles. The number of alkyl carbamates (subject to hydrolysis) is 1. The van der Waals surface area contributed by atoms with Gasteiger partial charge in [-0.15, -0.1) is 0 Å². The zero-order chi connectivity index (χ0) is 42.1. The smallest absolute Gasteiger partial charge is 0.407 e. The maximum atomic E-state index is 14.1. The first-order valence-corrected chi connectivity index (χ1v) is 23.0. The monoisotopic (exact) mass is 818 g/mol. The third-order valence-corrected chi connectivity index (χ3v) is 11.5. The highest BCUT2D eigenvalue weighted by molar-refractivity contribution is 8.32. The number of carbonyl (C=O) groups is 3. The number of hydrogen-bond acceptors (Lipinski definition) is 7. The van der Waals surface area contributed by atoms with E-state index in [1.165, 1.54) is 0 Å². The molecule has 0 bridgehead atoms. The molecule has 2 atom stereocenters. The third-order valence-electron chi connectivity index (χ3n) is 10.1. The van der Waals surface area contributed by atoms with E-state index in [0.717, 1.165) is 33.8 Å². The van der Waals surface area contributed by atoms with Crippen LogP contribution in [-0.4, -0.2) is 79.9 Å². The lowest BCUT2D eigenvalue weighted by atomic mass is 9.77. The van der Waals surface area contributed by atoms with Gasteiger partial charge < -0.3 is 30.5 Å². The lowest BCUT2D eigenvalue weighted by molar-refractivity contribution is -0.128. The first-order chi connectivity index (χ1) is 28.5. The molecule has 0 heterocycles. The van der Waals surface area contributed by atoms with Crippen LogP contribution in [0.5, 0.6) is 5.75 Å². The number of hydrogen-bond donors (Lipinski definition) is 5. The van der Waals surface area contributed by atoms with Crippen LogP contribution in [0.15, 0.2) is 140 Å². The normalized spacial score (nSPS) is 12.8. The Morgan fingerprint density at radius 3 is 1.80 bits per heavy atom. The number of anilines is 1. The van der Waals surface area contributed by atoms with Gasteiger partial charge in [0.05, 0.1) is 19.3 Å². The van der Waals surface area contributed by atoms with Crippen molar-refractivity contribution in [2.75, 3.05) is 50.1 Å². The molecule has 0 unspecified atom stereocenters. The lowest BCUT2D eigenvalue weighted by Gasteiger charge is -2.37. The van der Waals surface area contributed by atoms with Crippen LogP contribution in [0.4, 0.5) is 10.5 Å². The standard InChI is InChI=1S/C48H58N4O6S/c1-57-42-29-25-40(26-30-42)48(38-18-10-6-11-19-38,39-20-12-7-13-21-39)49-31-15-14-22-43(45(54)50-41-27-23-37(35-53)24-28-41)51-46(55)44(34-36-16-8-5-9-17-36)52-47(56)58-32-33-59(2,3)4/h5-13,16-21,23-30,43-44,49,53H,14-15,22,31-35H2,1-4H3,(H,50,54)(H,51,55)(H,52,56)/t43-,44-/m0/s1. The average Bonchev–Trinajstić information content (AvgIpc) is 3.25. The molecule has 59 heavy (non-hydrogen) atoms. The number of aliphatic hydroxyl groups is 1. The van der Waals surface area contributed by atoms with Gasteiger partial charge >= 0.3 is 6.09 Å². The summed E-state index contributed by atoms with van der Waals surface area (Å²) in [7, 11) is 0.769. The summed E-state index contributed by atoms with van der Waals surface area (Å²) in [6.45, 7) is 0.707. The zero-order valence-electron chi connectivity index (χ0n) is 34.5. The summed E-state index contributed by atoms with van der Waals surface area (Å²) in [5, 5.41) is 22.1. The highest BCUT2D eigenvalue weighted by Crippen LogP contribution is 2.38. The maximum Gasteiger partial charge on any atom is 0.407 e. The van der Waals surface area contributed by atoms with Crippen LogP contribution >= 0.6 is 10.0 Å². The highest BCUT2D eigenvalue weighted by atomic mass is 32.3. The van der Waals surface area contributed by atoms with Crippen molar-refractivity contribution < 1.29 is 29.0 Å². The van der Waals surface area contributed by atoms with E-state index in [4.69, 9.17) is 9.47 Å². The van der Waals surface area contributed by atoms with Crippen LogP contribution < -0.4 is 26.0 Å². The van der Waals surface area contributed by atoms with Crippen LogP contribution in [0.25, 0.3) is 0 Å². The second-order valence-corrected chi connectivity index (χ2v) is 19.9. The van der Waals surface area contributed by atoms with Crippen LogP contribution in [-0.2, 0) is 32.9 Å². The van der Waals surface area contributed by atoms with E-state index < -0.39 is 45.6 Å². The number of carbonyl (C=O) groups excluding carboxylic acids is 3. The summed E-state index contributed by atoms with van der Waals surface area (Å²) in [6, 6.07) is 43.1. The molecular weight excluding hydrogens is 761 g/mol. The average molecular weight is 819 g/mol. The predicted molar refractivity (Wildman–Crippen MR) is 239 cm³/mol. The number of aliphatic hydroxyl groups excluding tert-OH is 1. The van der Waals surface area contributed by atoms with Crippen LogP contribution in [0.1, 0.15) is 47.1 Å². The topological polar surface area (TPSA) is 138 Å². The van der Waals surface area contributed by atoms with Gasteiger partial charge in [-0.3, -0.25) is 14.9 Å². The quantitative estimate of drug-likeness (QED) is 0.0385. The van der Waals surface area contributed by atoms with Crippen molar-refractivity contribution in [3.8, 4) is 5.75 Å². The molecule has 0 aliphatic carbocycles. The number of nitrogens with one attached hydrogen (secondary N) is 4. The van der Waals surface area contributed by atoms with Gasteiger partial charge in [0.1, 0.15) is 24.4 Å². The number of benzene rings is 5. The van der Waals surface area contributed by atoms with Crippen molar-refractivity contribution in [1.29, 1.82) is 0 Å². The Morgan fingerprint density at radius 2 is 1.24 bits per heavy atom. The molecule has 0 spiro atoms. The molecule has 0 radical (unpaired) electrons. The van der Waals surface area contributed by atoms with Gasteiger partial charge in [-0.25, -0.2) is 14.8 Å². The van der Waals surface area contributed by atoms with Crippen LogP contribution in [0.2, 0.25) is 0 Å². The van der Waals surface area contributed by atoms with E-state index in [1.54, 1.807) is 31.4 Å². The first-order valence-electron chi connectivity index (χ1n) is 20.0. The predicted octanol–water partition coefficient (Wildman–Crippen LogP) is 7.39. The van der Waals surface area contributed by atoms with E-state index in [-0.39, 0.29) is 19.6 Å². The summed E-state index contributed by atoms with van der Waals surface area (Å²) in [5.41, 5.74) is 4.59. The molecule has 5 aromatic rings. The fraction of sp³-hybridized carbons (Fsp3) is 0.312. The van der Waals surface area contributed by atoms with E-state index in [1.807, 2.05) is 78.9 Å². The minimum absolute atomic E-state index is 0.120. The molecule has 0 aliphatic heterocycles. The second kappa shape index (κ2) is 21.9. The molecule has 0 fully saturated rings. The molecule has 5 rings (SSSR count). The Balaban J connectivity index is 1.35. The maximum absolute atomic E-state index is 14.1. The molecule has 11 heteroatoms. The van der Waals surface area contributed by atoms with Crippen molar-refractivity contribution in [1.82, 2.24) is 16.0 Å². The molecule has 5 aromatic carbocycles. The highest BCUT2D eigenvalue weighted by Gasteiger charge is 2.36. The summed E-state index contributed by atoms with van der Waals surface area (Å²) in [5.74, 6) is 0.620. The van der Waals surface area contributed by atoms with Gasteiger partial charge in [0.15, 0.2) is 0 Å². The molecule has 0 saturated carbocycles. The van der Waals surface area contributed by atoms with Crippen molar-refractivity contribution in [3.05, 3.63) is 167 Å². The van der Waals surface area contributed by atoms with Gasteiger partial charge in [-0.05, 0) is 96.7 Å². The lowest BCUT2D eigenvalue weighted by Crippen LogP contribution is -2.53. The van der Waals surface area contributed by atoms with Crippen LogP contribution in [0.3, 0.4) is 0 Å². The molecule has 10 nitrogen and oxygen atoms in total. The van der Waals surface area contributed by atoms with E-state index in [9.17, 15) is 19.5 Å². The number of rotatable bonds is 21. The fourth-order valence-corrected chi connectivity index (χ4v) is 7.45. The Bertz CT molecular complexity index is 2000. The second-order valence-electron chi connectivity index (χ2n) is 15.4. The van der Waals surface area contributed by atoms with Gasteiger partial charge in [0.2, 0.25) is 11.8 Å². The van der Waals surface area contributed by atoms with Crippen molar-refractivity contribution in [2.24, 2.45) is 0 Å². The largest absolute Gasteiger partial charge is 0.497 e. The zero-order valence-corrected chi connectivity index (χ0v) is 35.3. The molecule has 5 N–H and O–H groups in total. The van der Waals surface area contributed by atoms with Gasteiger partial charge in [-0.1, -0.05) is 115 Å². The van der Waals surface area contributed by atoms with Crippen molar-refractivity contribution in [3.63, 3.8) is 0 Å². The Morgan fingerprint density at radius 1 is 0.661 bits per heavy atom. The molecule has 0 aromatic heterocycles. The summed E-state index contributed by atoms with van der Waals surface area (Å²) in [6.07, 6.45) is 7.56. The van der Waals surface area contributed by atoms with Gasteiger partial charge in [0, 0.05) is 17.9 Å². The first kappa shape index (κ1) is 44.5. The number of amides is 3. The number of methoxy groups -OCH3 is 1. The summed E-state index contributed by atoms with van der Waals surface area (Å²) < 4.78 is 11.0. The minimum Gasteiger partial charge on any atom is -0.497 e. The van der Waals surface area contributed by atoms with E-state index in [0.29, 0.717) is 37.1 Å². The third kappa shape index (κ3) is 13.2. The van der Waals surface area contributed by atoms with Gasteiger partial charge in [-0.2, -0.15) is 0 Å². The van der Waals surface area contributed by atoms with E-state index >= 15 is 0 Å². The molecule has 312 valence electrons. The summed E-state index contributed by atoms with van der Waals surface area (Å²) >= 11 is 0. The number of unbranched alkanes of at least 4 members (excludes halogenated alkanes) is 1. The SMILES string of the molecule is COc1ccc(C(NCCCC[C@H](NC(=O)[C@H](Cc2ccccc2)NC(=O)OCCS(C)(C)C)C(=O)Nc2ccc(CO)cc2)(c2ccccc2)c2ccccc2)cc1. The number of ether oxygens (including phenoxy) is 2. The van der Waals surface area contributed by atoms with Crippen molar-refractivity contribution in [2.45, 2.75) is 49.9 Å². The molecular formula is C48H58N4O6S. The van der Waals surface area contributed by atoms with E-state index in [2.05, 4.69) is 76.4 Å². The molecule has 0 aliphatic rings.